The average Bonchev–Trinajstić information content (AvgIpc) is 3.00. The van der Waals surface area contributed by atoms with Gasteiger partial charge in [0.05, 0.1) is 5.69 Å². The van der Waals surface area contributed by atoms with E-state index in [9.17, 15) is 0 Å². The van der Waals surface area contributed by atoms with Gasteiger partial charge in [-0.25, -0.2) is 0 Å². The monoisotopic (exact) mass is 356 g/mol. The van der Waals surface area contributed by atoms with Crippen molar-refractivity contribution in [1.29, 1.82) is 0 Å². The molecular formula is C18H17ClN4S. The lowest BCUT2D eigenvalue weighted by atomic mass is 10.1. The van der Waals surface area contributed by atoms with E-state index in [0.29, 0.717) is 10.8 Å². The van der Waals surface area contributed by atoms with E-state index in [4.69, 9.17) is 11.6 Å². The second-order valence-electron chi connectivity index (χ2n) is 5.45. The van der Waals surface area contributed by atoms with E-state index in [1.165, 1.54) is 22.9 Å². The Hall–Kier alpha value is -2.11. The number of aryl methyl sites for hydroxylation is 2. The number of pyridine rings is 1. The van der Waals surface area contributed by atoms with Gasteiger partial charge >= 0.3 is 0 Å². The first-order valence-corrected chi connectivity index (χ1v) is 8.82. The maximum atomic E-state index is 5.91. The van der Waals surface area contributed by atoms with Crippen molar-refractivity contribution in [3.05, 3.63) is 65.5 Å². The molecule has 0 saturated heterocycles. The van der Waals surface area contributed by atoms with Crippen LogP contribution in [0.15, 0.2) is 59.5 Å². The molecule has 0 fully saturated rings. The molecule has 122 valence electrons. The Bertz CT molecular complexity index is 874. The van der Waals surface area contributed by atoms with E-state index in [1.807, 2.05) is 16.7 Å². The third-order valence-corrected chi connectivity index (χ3v) is 4.99. The summed E-state index contributed by atoms with van der Waals surface area (Å²) in [6, 6.07) is 10.2. The van der Waals surface area contributed by atoms with Crippen LogP contribution in [0.2, 0.25) is 0 Å². The van der Waals surface area contributed by atoms with Gasteiger partial charge in [-0.1, -0.05) is 36.0 Å². The van der Waals surface area contributed by atoms with Gasteiger partial charge in [0.1, 0.15) is 0 Å². The summed E-state index contributed by atoms with van der Waals surface area (Å²) < 4.78 is 2.05. The van der Waals surface area contributed by atoms with Gasteiger partial charge in [-0.3, -0.25) is 9.55 Å². The highest BCUT2D eigenvalue weighted by Crippen LogP contribution is 2.29. The SMILES string of the molecule is C=C(Cl)CSc1nnc(-c2ccncc2)n1-c1ccc(C)c(C)c1. The van der Waals surface area contributed by atoms with Crippen molar-refractivity contribution >= 4 is 23.4 Å². The summed E-state index contributed by atoms with van der Waals surface area (Å²) in [6.45, 7) is 7.94. The van der Waals surface area contributed by atoms with Crippen LogP contribution in [0, 0.1) is 13.8 Å². The van der Waals surface area contributed by atoms with Crippen molar-refractivity contribution in [3.63, 3.8) is 0 Å². The van der Waals surface area contributed by atoms with Crippen LogP contribution in [0.5, 0.6) is 0 Å². The molecule has 0 aliphatic heterocycles. The van der Waals surface area contributed by atoms with Gasteiger partial charge in [0.15, 0.2) is 11.0 Å². The Morgan fingerprint density at radius 1 is 1.12 bits per heavy atom. The molecule has 2 aromatic heterocycles. The van der Waals surface area contributed by atoms with Crippen molar-refractivity contribution in [1.82, 2.24) is 19.7 Å². The predicted molar refractivity (Wildman–Crippen MR) is 99.8 cm³/mol. The van der Waals surface area contributed by atoms with Gasteiger partial charge in [0.25, 0.3) is 0 Å². The molecule has 0 unspecified atom stereocenters. The predicted octanol–water partition coefficient (Wildman–Crippen LogP) is 4.79. The Kier molecular flexibility index (Phi) is 5.02. The van der Waals surface area contributed by atoms with E-state index in [2.05, 4.69) is 53.8 Å². The first-order valence-electron chi connectivity index (χ1n) is 7.46. The molecule has 0 aliphatic carbocycles. The lowest BCUT2D eigenvalue weighted by Gasteiger charge is -2.12. The van der Waals surface area contributed by atoms with Gasteiger partial charge < -0.3 is 0 Å². The molecule has 4 nitrogen and oxygen atoms in total. The zero-order valence-electron chi connectivity index (χ0n) is 13.5. The van der Waals surface area contributed by atoms with Crippen LogP contribution in [-0.4, -0.2) is 25.5 Å². The molecule has 2 heterocycles. The lowest BCUT2D eigenvalue weighted by Crippen LogP contribution is -2.01. The van der Waals surface area contributed by atoms with E-state index >= 15 is 0 Å². The molecule has 0 bridgehead atoms. The third-order valence-electron chi connectivity index (χ3n) is 3.68. The zero-order chi connectivity index (χ0) is 17.1. The van der Waals surface area contributed by atoms with E-state index in [0.717, 1.165) is 22.2 Å². The van der Waals surface area contributed by atoms with Crippen molar-refractivity contribution in [3.8, 4) is 17.1 Å². The minimum Gasteiger partial charge on any atom is -0.270 e. The molecule has 0 saturated carbocycles. The van der Waals surface area contributed by atoms with Crippen molar-refractivity contribution < 1.29 is 0 Å². The molecule has 3 aromatic rings. The number of nitrogens with zero attached hydrogens (tertiary/aromatic N) is 4. The number of thioether (sulfide) groups is 1. The molecule has 24 heavy (non-hydrogen) atoms. The quantitative estimate of drug-likeness (QED) is 0.616. The highest BCUT2D eigenvalue weighted by Gasteiger charge is 2.16. The normalized spacial score (nSPS) is 10.8. The van der Waals surface area contributed by atoms with E-state index < -0.39 is 0 Å². The summed E-state index contributed by atoms with van der Waals surface area (Å²) in [5.41, 5.74) is 4.46. The second-order valence-corrected chi connectivity index (χ2v) is 6.93. The molecule has 0 amide bonds. The van der Waals surface area contributed by atoms with Crippen LogP contribution in [0.3, 0.4) is 0 Å². The molecule has 0 atom stereocenters. The number of rotatable bonds is 5. The van der Waals surface area contributed by atoms with E-state index in [-0.39, 0.29) is 0 Å². The van der Waals surface area contributed by atoms with Crippen molar-refractivity contribution in [2.75, 3.05) is 5.75 Å². The fourth-order valence-corrected chi connectivity index (χ4v) is 3.16. The van der Waals surface area contributed by atoms with Crippen LogP contribution < -0.4 is 0 Å². The number of benzene rings is 1. The summed E-state index contributed by atoms with van der Waals surface area (Å²) in [6.07, 6.45) is 3.50. The fourth-order valence-electron chi connectivity index (χ4n) is 2.29. The molecule has 0 aliphatic rings. The molecule has 3 rings (SSSR count). The fraction of sp³-hybridized carbons (Fsp3) is 0.167. The highest BCUT2D eigenvalue weighted by atomic mass is 35.5. The largest absolute Gasteiger partial charge is 0.270 e. The summed E-state index contributed by atoms with van der Waals surface area (Å²) >= 11 is 7.43. The summed E-state index contributed by atoms with van der Waals surface area (Å²) in [4.78, 5) is 4.07. The van der Waals surface area contributed by atoms with Gasteiger partial charge in [-0.15, -0.1) is 10.2 Å². The summed E-state index contributed by atoms with van der Waals surface area (Å²) in [5, 5.41) is 10.1. The van der Waals surface area contributed by atoms with Crippen LogP contribution in [0.4, 0.5) is 0 Å². The van der Waals surface area contributed by atoms with Gasteiger partial charge in [0, 0.05) is 28.7 Å². The highest BCUT2D eigenvalue weighted by molar-refractivity contribution is 7.99. The first-order chi connectivity index (χ1) is 11.6. The number of halogens is 1. The lowest BCUT2D eigenvalue weighted by molar-refractivity contribution is 0.886. The Labute approximate surface area is 150 Å². The second kappa shape index (κ2) is 7.20. The Morgan fingerprint density at radius 3 is 2.54 bits per heavy atom. The third kappa shape index (κ3) is 3.52. The zero-order valence-corrected chi connectivity index (χ0v) is 15.1. The van der Waals surface area contributed by atoms with Crippen LogP contribution in [-0.2, 0) is 0 Å². The van der Waals surface area contributed by atoms with E-state index in [1.54, 1.807) is 12.4 Å². The molecule has 0 spiro atoms. The average molecular weight is 357 g/mol. The van der Waals surface area contributed by atoms with Gasteiger partial charge in [0.2, 0.25) is 0 Å². The molecule has 6 heteroatoms. The molecular weight excluding hydrogens is 340 g/mol. The Morgan fingerprint density at radius 2 is 1.88 bits per heavy atom. The van der Waals surface area contributed by atoms with Gasteiger partial charge in [-0.2, -0.15) is 0 Å². The van der Waals surface area contributed by atoms with Crippen molar-refractivity contribution in [2.45, 2.75) is 19.0 Å². The number of hydrogen-bond acceptors (Lipinski definition) is 4. The van der Waals surface area contributed by atoms with Crippen molar-refractivity contribution in [2.24, 2.45) is 0 Å². The Balaban J connectivity index is 2.13. The molecule has 1 aromatic carbocycles. The maximum absolute atomic E-state index is 5.91. The first kappa shape index (κ1) is 16.7. The minimum atomic E-state index is 0.583. The number of aromatic nitrogens is 4. The van der Waals surface area contributed by atoms with Crippen LogP contribution in [0.25, 0.3) is 17.1 Å². The summed E-state index contributed by atoms with van der Waals surface area (Å²) in [7, 11) is 0. The van der Waals surface area contributed by atoms with Gasteiger partial charge in [-0.05, 0) is 49.2 Å². The van der Waals surface area contributed by atoms with Crippen LogP contribution >= 0.6 is 23.4 Å². The maximum Gasteiger partial charge on any atom is 0.196 e. The standard InChI is InChI=1S/C18H17ClN4S/c1-12-4-5-16(10-13(12)2)23-17(15-6-8-20-9-7-15)21-22-18(23)24-11-14(3)19/h4-10H,3,11H2,1-2H3. The topological polar surface area (TPSA) is 43.6 Å². The number of hydrogen-bond donors (Lipinski definition) is 0. The molecule has 0 radical (unpaired) electrons. The van der Waals surface area contributed by atoms with Crippen LogP contribution in [0.1, 0.15) is 11.1 Å². The molecule has 0 N–H and O–H groups in total. The minimum absolute atomic E-state index is 0.583. The summed E-state index contributed by atoms with van der Waals surface area (Å²) in [5.74, 6) is 1.37. The smallest absolute Gasteiger partial charge is 0.196 e.